The number of aryl methyl sites for hydroxylation is 2. The van der Waals surface area contributed by atoms with Crippen LogP contribution < -0.4 is 21.5 Å². The van der Waals surface area contributed by atoms with Gasteiger partial charge in [0.2, 0.25) is 5.88 Å². The minimum Gasteiger partial charge on any atom is -0.373 e. The Morgan fingerprint density at radius 3 is 2.44 bits per heavy atom. The molecule has 188 valence electrons. The first kappa shape index (κ1) is 24.9. The summed E-state index contributed by atoms with van der Waals surface area (Å²) >= 11 is 0. The number of rotatable bonds is 4. The molecular formula is C26H29FN6O3. The summed E-state index contributed by atoms with van der Waals surface area (Å²) in [6.45, 7) is 9.45. The number of halogens is 1. The van der Waals surface area contributed by atoms with Gasteiger partial charge in [-0.15, -0.1) is 0 Å². The van der Waals surface area contributed by atoms with E-state index in [0.29, 0.717) is 39.3 Å². The summed E-state index contributed by atoms with van der Waals surface area (Å²) in [7, 11) is 3.42. The minimum atomic E-state index is -0.696. The first-order valence-corrected chi connectivity index (χ1v) is 11.4. The van der Waals surface area contributed by atoms with E-state index in [-0.39, 0.29) is 22.5 Å². The van der Waals surface area contributed by atoms with E-state index in [0.717, 1.165) is 5.39 Å². The Bertz CT molecular complexity index is 1550. The quantitative estimate of drug-likeness (QED) is 0.355. The van der Waals surface area contributed by atoms with E-state index in [9.17, 15) is 14.0 Å². The van der Waals surface area contributed by atoms with Gasteiger partial charge in [-0.25, -0.2) is 14.2 Å². The van der Waals surface area contributed by atoms with Crippen molar-refractivity contribution in [1.82, 2.24) is 14.7 Å². The Hall–Kier alpha value is -4.21. The lowest BCUT2D eigenvalue weighted by Gasteiger charge is -2.15. The Morgan fingerprint density at radius 1 is 1.08 bits per heavy atom. The van der Waals surface area contributed by atoms with Crippen molar-refractivity contribution in [3.05, 3.63) is 63.5 Å². The Morgan fingerprint density at radius 2 is 1.81 bits per heavy atom. The first-order valence-electron chi connectivity index (χ1n) is 11.4. The molecule has 0 aliphatic heterocycles. The number of carbonyl (C=O) groups is 1. The van der Waals surface area contributed by atoms with Crippen molar-refractivity contribution in [3.63, 3.8) is 0 Å². The maximum Gasteiger partial charge on any atom is 0.326 e. The third kappa shape index (κ3) is 4.53. The topological polar surface area (TPSA) is 114 Å². The molecule has 0 aliphatic rings. The van der Waals surface area contributed by atoms with Crippen molar-refractivity contribution in [2.24, 2.45) is 7.05 Å². The molecule has 4 rings (SSSR count). The van der Waals surface area contributed by atoms with E-state index in [1.807, 2.05) is 20.8 Å². The van der Waals surface area contributed by atoms with Gasteiger partial charge in [0.15, 0.2) is 0 Å². The average Bonchev–Trinajstić information content (AvgIpc) is 3.18. The SMILES string of the molecule is CNc1cc2c(cn1)cc(-c1cc(NC(=O)Nc3onc(C(C)(C)C)c3C)c(F)cc1C)c(=O)n2C. The van der Waals surface area contributed by atoms with Crippen molar-refractivity contribution < 1.29 is 13.7 Å². The largest absolute Gasteiger partial charge is 0.373 e. The van der Waals surface area contributed by atoms with Crippen LogP contribution in [0, 0.1) is 19.7 Å². The number of fused-ring (bicyclic) bond motifs is 1. The second-order valence-electron chi connectivity index (χ2n) is 9.76. The normalized spacial score (nSPS) is 11.6. The van der Waals surface area contributed by atoms with Crippen LogP contribution in [0.5, 0.6) is 0 Å². The summed E-state index contributed by atoms with van der Waals surface area (Å²) in [5.74, 6) is 0.188. The van der Waals surface area contributed by atoms with Crippen molar-refractivity contribution in [2.45, 2.75) is 40.0 Å². The molecule has 0 saturated heterocycles. The van der Waals surface area contributed by atoms with Crippen molar-refractivity contribution in [3.8, 4) is 11.1 Å². The number of nitrogens with zero attached hydrogens (tertiary/aromatic N) is 3. The predicted molar refractivity (Wildman–Crippen MR) is 139 cm³/mol. The number of pyridine rings is 2. The first-order chi connectivity index (χ1) is 16.9. The lowest BCUT2D eigenvalue weighted by molar-refractivity contribution is 0.261. The summed E-state index contributed by atoms with van der Waals surface area (Å²) in [6.07, 6.45) is 1.67. The van der Waals surface area contributed by atoms with Crippen molar-refractivity contribution in [2.75, 3.05) is 23.0 Å². The molecule has 0 unspecified atom stereocenters. The van der Waals surface area contributed by atoms with Crippen LogP contribution in [0.3, 0.4) is 0 Å². The Labute approximate surface area is 207 Å². The van der Waals surface area contributed by atoms with Crippen molar-refractivity contribution in [1.29, 1.82) is 0 Å². The summed E-state index contributed by atoms with van der Waals surface area (Å²) < 4.78 is 21.6. The highest BCUT2D eigenvalue weighted by atomic mass is 19.1. The fraction of sp³-hybridized carbons (Fsp3) is 0.308. The van der Waals surface area contributed by atoms with E-state index in [4.69, 9.17) is 4.52 Å². The van der Waals surface area contributed by atoms with Crippen molar-refractivity contribution >= 4 is 34.3 Å². The molecule has 9 nitrogen and oxygen atoms in total. The van der Waals surface area contributed by atoms with E-state index in [1.54, 1.807) is 46.3 Å². The highest BCUT2D eigenvalue weighted by molar-refractivity contribution is 6.00. The number of hydrogen-bond donors (Lipinski definition) is 3. The fourth-order valence-electron chi connectivity index (χ4n) is 4.16. The molecule has 0 atom stereocenters. The van der Waals surface area contributed by atoms with Gasteiger partial charge in [-0.3, -0.25) is 10.1 Å². The molecule has 0 aliphatic carbocycles. The molecule has 3 aromatic heterocycles. The molecule has 10 heteroatoms. The highest BCUT2D eigenvalue weighted by Crippen LogP contribution is 2.31. The standard InChI is InChI=1S/C26H29FN6O3/c1-13-8-18(27)19(30-25(35)31-23-14(2)22(32-36-23)26(3,4)5)10-16(13)17-9-15-12-29-21(28-6)11-20(15)33(7)24(17)34/h8-12H,1-7H3,(H,28,29)(H2,30,31,35). The lowest BCUT2D eigenvalue weighted by atomic mass is 9.90. The van der Waals surface area contributed by atoms with Gasteiger partial charge in [0.1, 0.15) is 11.6 Å². The Kier molecular flexibility index (Phi) is 6.30. The van der Waals surface area contributed by atoms with Crippen LogP contribution in [-0.2, 0) is 12.5 Å². The van der Waals surface area contributed by atoms with Crippen LogP contribution in [0.15, 0.2) is 39.8 Å². The molecule has 0 saturated carbocycles. The zero-order valence-electron chi connectivity index (χ0n) is 21.3. The van der Waals surface area contributed by atoms with Gasteiger partial charge in [0.05, 0.1) is 16.9 Å². The van der Waals surface area contributed by atoms with Crippen LogP contribution in [0.2, 0.25) is 0 Å². The van der Waals surface area contributed by atoms with Gasteiger partial charge in [-0.1, -0.05) is 25.9 Å². The smallest absolute Gasteiger partial charge is 0.326 e. The zero-order valence-corrected chi connectivity index (χ0v) is 21.3. The average molecular weight is 493 g/mol. The number of hydrogen-bond acceptors (Lipinski definition) is 6. The molecular weight excluding hydrogens is 463 g/mol. The maximum atomic E-state index is 14.8. The van der Waals surface area contributed by atoms with Gasteiger partial charge in [-0.2, -0.15) is 0 Å². The molecule has 4 aromatic rings. The monoisotopic (exact) mass is 492 g/mol. The molecule has 0 radical (unpaired) electrons. The summed E-state index contributed by atoms with van der Waals surface area (Å²) in [4.78, 5) is 30.2. The van der Waals surface area contributed by atoms with Crippen LogP contribution in [0.25, 0.3) is 22.0 Å². The molecule has 2 amide bonds. The highest BCUT2D eigenvalue weighted by Gasteiger charge is 2.25. The van der Waals surface area contributed by atoms with Gasteiger partial charge in [0.25, 0.3) is 5.56 Å². The van der Waals surface area contributed by atoms with E-state index in [2.05, 4.69) is 26.1 Å². The number of benzene rings is 1. The van der Waals surface area contributed by atoms with E-state index < -0.39 is 11.8 Å². The lowest BCUT2D eigenvalue weighted by Crippen LogP contribution is -2.22. The molecule has 36 heavy (non-hydrogen) atoms. The van der Waals surface area contributed by atoms with Crippen LogP contribution in [0.1, 0.15) is 37.6 Å². The molecule has 0 fully saturated rings. The number of amides is 2. The molecule has 1 aromatic carbocycles. The molecule has 3 N–H and O–H groups in total. The molecule has 0 spiro atoms. The molecule has 3 heterocycles. The third-order valence-electron chi connectivity index (χ3n) is 6.08. The van der Waals surface area contributed by atoms with Crippen LogP contribution in [0.4, 0.5) is 26.6 Å². The van der Waals surface area contributed by atoms with Gasteiger partial charge >= 0.3 is 6.03 Å². The second-order valence-corrected chi connectivity index (χ2v) is 9.76. The number of aromatic nitrogens is 3. The summed E-state index contributed by atoms with van der Waals surface area (Å²) in [5, 5.41) is 12.8. The number of nitrogens with one attached hydrogen (secondary N) is 3. The van der Waals surface area contributed by atoms with E-state index in [1.165, 1.54) is 16.7 Å². The van der Waals surface area contributed by atoms with Gasteiger partial charge in [0, 0.05) is 48.3 Å². The number of anilines is 3. The summed E-state index contributed by atoms with van der Waals surface area (Å²) in [6, 6.07) is 5.55. The fourth-order valence-corrected chi connectivity index (χ4v) is 4.16. The maximum absolute atomic E-state index is 14.8. The Balaban J connectivity index is 1.69. The van der Waals surface area contributed by atoms with Crippen LogP contribution >= 0.6 is 0 Å². The third-order valence-corrected chi connectivity index (χ3v) is 6.08. The minimum absolute atomic E-state index is 0.0767. The zero-order chi connectivity index (χ0) is 26.4. The second kappa shape index (κ2) is 9.10. The molecule has 0 bridgehead atoms. The summed E-state index contributed by atoms with van der Waals surface area (Å²) in [5.41, 5.74) is 2.93. The van der Waals surface area contributed by atoms with Gasteiger partial charge < -0.3 is 19.7 Å². The number of carbonyl (C=O) groups excluding carboxylic acids is 1. The number of urea groups is 1. The van der Waals surface area contributed by atoms with E-state index >= 15 is 0 Å². The van der Waals surface area contributed by atoms with Crippen LogP contribution in [-0.4, -0.2) is 27.8 Å². The predicted octanol–water partition coefficient (Wildman–Crippen LogP) is 5.33. The van der Waals surface area contributed by atoms with Gasteiger partial charge in [-0.05, 0) is 43.2 Å².